The topological polar surface area (TPSA) is 60.9 Å². The maximum atomic E-state index is 11.2. The van der Waals surface area contributed by atoms with Crippen LogP contribution in [0.5, 0.6) is 0 Å². The van der Waals surface area contributed by atoms with E-state index in [-0.39, 0.29) is 6.04 Å². The van der Waals surface area contributed by atoms with E-state index >= 15 is 0 Å². The molecule has 3 rings (SSSR count). The Labute approximate surface area is 113 Å². The molecule has 1 atom stereocenters. The maximum Gasteiger partial charge on any atom is 0.441 e. The van der Waals surface area contributed by atoms with Crippen LogP contribution < -0.4 is 5.76 Å². The molecule has 0 saturated carbocycles. The molecule has 3 heterocycles. The van der Waals surface area contributed by atoms with Crippen molar-refractivity contribution in [2.24, 2.45) is 0 Å². The molecule has 19 heavy (non-hydrogen) atoms. The molecule has 0 radical (unpaired) electrons. The molecule has 0 unspecified atom stereocenters. The highest BCUT2D eigenvalue weighted by atomic mass is 35.5. The lowest BCUT2D eigenvalue weighted by atomic mass is 10.1. The summed E-state index contributed by atoms with van der Waals surface area (Å²) in [5.41, 5.74) is 0.970. The summed E-state index contributed by atoms with van der Waals surface area (Å²) in [4.78, 5) is 19.2. The van der Waals surface area contributed by atoms with E-state index in [2.05, 4.69) is 9.97 Å². The van der Waals surface area contributed by atoms with Gasteiger partial charge in [-0.25, -0.2) is 9.78 Å². The number of aromatic nitrogens is 3. The van der Waals surface area contributed by atoms with Gasteiger partial charge in [-0.15, -0.1) is 0 Å². The maximum absolute atomic E-state index is 11.2. The van der Waals surface area contributed by atoms with Crippen LogP contribution in [-0.4, -0.2) is 14.5 Å². The van der Waals surface area contributed by atoms with Gasteiger partial charge in [-0.1, -0.05) is 17.7 Å². The third-order valence-electron chi connectivity index (χ3n) is 3.00. The molecule has 5 nitrogen and oxygen atoms in total. The third kappa shape index (κ3) is 2.13. The second-order valence-corrected chi connectivity index (χ2v) is 4.56. The molecule has 2 aliphatic rings. The molecule has 0 N–H and O–H groups in total. The Hall–Kier alpha value is -2.14. The SMILES string of the molecule is C[C@H](c1ccc(Cl)nc1)n1cccc2oc(=O)nc1-2. The first kappa shape index (κ1) is 11.9. The molecule has 0 aliphatic carbocycles. The fraction of sp³-hybridized carbons (Fsp3) is 0.154. The van der Waals surface area contributed by atoms with Crippen LogP contribution in [0, 0.1) is 0 Å². The van der Waals surface area contributed by atoms with Gasteiger partial charge < -0.3 is 8.98 Å². The van der Waals surface area contributed by atoms with Crippen molar-refractivity contribution in [1.29, 1.82) is 0 Å². The minimum Gasteiger partial charge on any atom is -0.405 e. The molecule has 0 spiro atoms. The van der Waals surface area contributed by atoms with Crippen LogP contribution in [0.3, 0.4) is 0 Å². The smallest absolute Gasteiger partial charge is 0.405 e. The molecule has 96 valence electrons. The van der Waals surface area contributed by atoms with Crippen LogP contribution in [0.4, 0.5) is 0 Å². The molecule has 0 amide bonds. The monoisotopic (exact) mass is 275 g/mol. The van der Waals surface area contributed by atoms with Crippen molar-refractivity contribution in [3.05, 3.63) is 57.9 Å². The number of hydrogen-bond donors (Lipinski definition) is 0. The molecular weight excluding hydrogens is 266 g/mol. The highest BCUT2D eigenvalue weighted by molar-refractivity contribution is 6.29. The highest BCUT2D eigenvalue weighted by Gasteiger charge is 2.18. The number of nitrogens with zero attached hydrogens (tertiary/aromatic N) is 3. The molecular formula is C13H10ClN3O2. The van der Waals surface area contributed by atoms with Gasteiger partial charge in [0.15, 0.2) is 11.6 Å². The van der Waals surface area contributed by atoms with E-state index in [0.29, 0.717) is 16.7 Å². The van der Waals surface area contributed by atoms with Crippen molar-refractivity contribution in [1.82, 2.24) is 14.5 Å². The van der Waals surface area contributed by atoms with Crippen molar-refractivity contribution in [3.63, 3.8) is 0 Å². The largest absolute Gasteiger partial charge is 0.441 e. The Morgan fingerprint density at radius 1 is 1.37 bits per heavy atom. The Balaban J connectivity index is 2.09. The molecule has 2 aliphatic heterocycles. The van der Waals surface area contributed by atoms with Crippen LogP contribution in [0.25, 0.3) is 11.6 Å². The van der Waals surface area contributed by atoms with E-state index < -0.39 is 5.76 Å². The van der Waals surface area contributed by atoms with E-state index in [4.69, 9.17) is 16.0 Å². The Kier molecular flexibility index (Phi) is 2.83. The van der Waals surface area contributed by atoms with Crippen molar-refractivity contribution >= 4 is 11.6 Å². The van der Waals surface area contributed by atoms with Gasteiger partial charge in [-0.2, -0.15) is 4.98 Å². The first-order chi connectivity index (χ1) is 9.15. The number of oxazole rings is 1. The van der Waals surface area contributed by atoms with Gasteiger partial charge >= 0.3 is 5.76 Å². The number of hydrogen-bond acceptors (Lipinski definition) is 4. The third-order valence-corrected chi connectivity index (χ3v) is 3.23. The number of rotatable bonds is 2. The first-order valence-electron chi connectivity index (χ1n) is 5.74. The van der Waals surface area contributed by atoms with Gasteiger partial charge in [0.2, 0.25) is 0 Å². The molecule has 0 bridgehead atoms. The summed E-state index contributed by atoms with van der Waals surface area (Å²) in [5, 5.41) is 0.447. The van der Waals surface area contributed by atoms with Gasteiger partial charge in [0.1, 0.15) is 5.15 Å². The van der Waals surface area contributed by atoms with E-state index in [0.717, 1.165) is 5.56 Å². The summed E-state index contributed by atoms with van der Waals surface area (Å²) >= 11 is 5.77. The average Bonchev–Trinajstić information content (AvgIpc) is 2.78. The standard InChI is InChI=1S/C13H10ClN3O2/c1-8(9-4-5-11(14)15-7-9)17-6-2-3-10-12(17)16-13(18)19-10/h2-8H,1H3/t8-/m1/s1. The normalized spacial score (nSPS) is 12.7. The molecule has 6 heteroatoms. The first-order valence-corrected chi connectivity index (χ1v) is 6.12. The Morgan fingerprint density at radius 2 is 2.21 bits per heavy atom. The lowest BCUT2D eigenvalue weighted by Crippen LogP contribution is -2.11. The zero-order valence-electron chi connectivity index (χ0n) is 10.1. The summed E-state index contributed by atoms with van der Waals surface area (Å²) in [6, 6.07) is 7.12. The second-order valence-electron chi connectivity index (χ2n) is 4.17. The van der Waals surface area contributed by atoms with Crippen LogP contribution >= 0.6 is 11.6 Å². The molecule has 0 saturated heterocycles. The average molecular weight is 276 g/mol. The lowest BCUT2D eigenvalue weighted by Gasteiger charge is -2.18. The molecule has 0 aromatic carbocycles. The number of pyridine rings is 2. The van der Waals surface area contributed by atoms with Gasteiger partial charge in [0.05, 0.1) is 6.04 Å². The summed E-state index contributed by atoms with van der Waals surface area (Å²) in [6.07, 6.45) is 3.56. The minimum atomic E-state index is -0.587. The van der Waals surface area contributed by atoms with Gasteiger partial charge in [-0.3, -0.25) is 0 Å². The number of halogens is 1. The quantitative estimate of drug-likeness (QED) is 0.675. The second kappa shape index (κ2) is 4.51. The molecule has 1 aromatic heterocycles. The van der Waals surface area contributed by atoms with Gasteiger partial charge in [-0.05, 0) is 30.7 Å². The Morgan fingerprint density at radius 3 is 2.95 bits per heavy atom. The van der Waals surface area contributed by atoms with Crippen LogP contribution in [0.15, 0.2) is 45.9 Å². The summed E-state index contributed by atoms with van der Waals surface area (Å²) < 4.78 is 6.86. The zero-order valence-corrected chi connectivity index (χ0v) is 10.8. The van der Waals surface area contributed by atoms with Crippen LogP contribution in [0.1, 0.15) is 18.5 Å². The van der Waals surface area contributed by atoms with Crippen molar-refractivity contribution in [2.75, 3.05) is 0 Å². The van der Waals surface area contributed by atoms with Gasteiger partial charge in [0, 0.05) is 12.4 Å². The molecule has 1 aromatic rings. The Bertz CT molecular complexity index is 732. The van der Waals surface area contributed by atoms with Crippen molar-refractivity contribution in [2.45, 2.75) is 13.0 Å². The summed E-state index contributed by atoms with van der Waals surface area (Å²) in [5.74, 6) is 0.410. The lowest BCUT2D eigenvalue weighted by molar-refractivity contribution is 0.527. The predicted molar refractivity (Wildman–Crippen MR) is 70.4 cm³/mol. The van der Waals surface area contributed by atoms with Crippen molar-refractivity contribution < 1.29 is 4.42 Å². The van der Waals surface area contributed by atoms with Crippen LogP contribution in [-0.2, 0) is 0 Å². The van der Waals surface area contributed by atoms with E-state index in [9.17, 15) is 4.79 Å². The predicted octanol–water partition coefficient (Wildman–Crippen LogP) is 2.60. The minimum absolute atomic E-state index is 0.0297. The summed E-state index contributed by atoms with van der Waals surface area (Å²) in [7, 11) is 0. The highest BCUT2D eigenvalue weighted by Crippen LogP contribution is 2.25. The van der Waals surface area contributed by atoms with Crippen molar-refractivity contribution in [3.8, 4) is 11.6 Å². The van der Waals surface area contributed by atoms with E-state index in [1.54, 1.807) is 18.3 Å². The van der Waals surface area contributed by atoms with E-state index in [1.165, 1.54) is 0 Å². The fourth-order valence-corrected chi connectivity index (χ4v) is 2.11. The van der Waals surface area contributed by atoms with Crippen LogP contribution in [0.2, 0.25) is 5.15 Å². The number of fused-ring (bicyclic) bond motifs is 1. The fourth-order valence-electron chi connectivity index (χ4n) is 2.00. The zero-order chi connectivity index (χ0) is 13.4. The van der Waals surface area contributed by atoms with E-state index in [1.807, 2.05) is 29.8 Å². The molecule has 0 fully saturated rings. The summed E-state index contributed by atoms with van der Waals surface area (Å²) in [6.45, 7) is 1.99. The van der Waals surface area contributed by atoms with Gasteiger partial charge in [0.25, 0.3) is 0 Å².